The van der Waals surface area contributed by atoms with Gasteiger partial charge < -0.3 is 0 Å². The first-order valence-corrected chi connectivity index (χ1v) is 7.33. The van der Waals surface area contributed by atoms with Crippen molar-refractivity contribution in [3.05, 3.63) is 83.9 Å². The maximum Gasteiger partial charge on any atom is 0.386 e. The number of hydrogen-bond acceptors (Lipinski definition) is 4. The molecule has 0 bridgehead atoms. The van der Waals surface area contributed by atoms with Gasteiger partial charge in [-0.25, -0.2) is 19.4 Å². The van der Waals surface area contributed by atoms with Crippen molar-refractivity contribution in [3.63, 3.8) is 0 Å². The molecule has 0 radical (unpaired) electrons. The summed E-state index contributed by atoms with van der Waals surface area (Å²) in [5.74, 6) is -1.50. The van der Waals surface area contributed by atoms with E-state index in [1.54, 1.807) is 36.4 Å². The van der Waals surface area contributed by atoms with Crippen LogP contribution < -0.4 is 0 Å². The highest BCUT2D eigenvalue weighted by molar-refractivity contribution is 5.93. The summed E-state index contributed by atoms with van der Waals surface area (Å²) in [4.78, 5) is 33.3. The third-order valence-electron chi connectivity index (χ3n) is 3.38. The predicted octanol–water partition coefficient (Wildman–Crippen LogP) is 4.68. The van der Waals surface area contributed by atoms with Crippen molar-refractivity contribution < 1.29 is 19.4 Å². The number of benzene rings is 2. The lowest BCUT2D eigenvalue weighted by Gasteiger charge is -2.06. The first kappa shape index (κ1) is 17.2. The number of carbonyl (C=O) groups excluding carboxylic acids is 2. The third kappa shape index (κ3) is 4.20. The molecule has 2 aromatic carbocycles. The summed E-state index contributed by atoms with van der Waals surface area (Å²) in [6.07, 6.45) is 0. The lowest BCUT2D eigenvalue weighted by Crippen LogP contribution is -2.12. The molecule has 0 spiro atoms. The van der Waals surface area contributed by atoms with Gasteiger partial charge in [-0.15, -0.1) is 0 Å². The summed E-state index contributed by atoms with van der Waals surface area (Å²) < 4.78 is 0. The van der Waals surface area contributed by atoms with Gasteiger partial charge in [-0.1, -0.05) is 48.6 Å². The average Bonchev–Trinajstić information content (AvgIpc) is 2.59. The van der Waals surface area contributed by atoms with E-state index < -0.39 is 11.9 Å². The molecule has 0 aliphatic heterocycles. The molecule has 4 nitrogen and oxygen atoms in total. The molecule has 0 atom stereocenters. The van der Waals surface area contributed by atoms with Gasteiger partial charge in [0.25, 0.3) is 0 Å². The Morgan fingerprint density at radius 2 is 1.04 bits per heavy atom. The lowest BCUT2D eigenvalue weighted by molar-refractivity contribution is -0.187. The molecule has 4 heteroatoms. The van der Waals surface area contributed by atoms with Crippen molar-refractivity contribution >= 4 is 23.1 Å². The Kier molecular flexibility index (Phi) is 5.32. The highest BCUT2D eigenvalue weighted by atomic mass is 17.2. The number of hydrogen-bond donors (Lipinski definition) is 0. The smallest absolute Gasteiger partial charge is 0.242 e. The fourth-order valence-electron chi connectivity index (χ4n) is 2.00. The maximum absolute atomic E-state index is 12.0. The van der Waals surface area contributed by atoms with Crippen molar-refractivity contribution in [2.75, 3.05) is 0 Å². The Hall–Kier alpha value is -3.14. The summed E-state index contributed by atoms with van der Waals surface area (Å²) in [6, 6.07) is 13.5. The van der Waals surface area contributed by atoms with E-state index in [2.05, 4.69) is 22.9 Å². The van der Waals surface area contributed by atoms with E-state index in [1.807, 2.05) is 26.0 Å². The standard InChI is InChI=1S/C20H18O4/c1-13(2)15-7-5-9-17(11-15)19(21)23-24-20(22)18-10-6-8-16(12-18)14(3)4/h5-12H,1,3H2,2,4H3. The maximum atomic E-state index is 12.0. The lowest BCUT2D eigenvalue weighted by atomic mass is 10.1. The van der Waals surface area contributed by atoms with Gasteiger partial charge >= 0.3 is 11.9 Å². The van der Waals surface area contributed by atoms with Gasteiger partial charge in [-0.05, 0) is 49.2 Å². The second kappa shape index (κ2) is 7.42. The molecule has 0 aliphatic rings. The van der Waals surface area contributed by atoms with E-state index in [9.17, 15) is 9.59 Å². The Labute approximate surface area is 141 Å². The van der Waals surface area contributed by atoms with Gasteiger partial charge in [0, 0.05) is 0 Å². The van der Waals surface area contributed by atoms with Gasteiger partial charge in [0.15, 0.2) is 0 Å². The number of allylic oxidation sites excluding steroid dienone is 2. The van der Waals surface area contributed by atoms with Gasteiger partial charge in [0.2, 0.25) is 0 Å². The van der Waals surface area contributed by atoms with Crippen molar-refractivity contribution in [2.45, 2.75) is 13.8 Å². The minimum Gasteiger partial charge on any atom is -0.242 e. The quantitative estimate of drug-likeness (QED) is 0.606. The molecule has 2 rings (SSSR count). The van der Waals surface area contributed by atoms with Crippen molar-refractivity contribution in [2.24, 2.45) is 0 Å². The second-order valence-corrected chi connectivity index (χ2v) is 5.46. The summed E-state index contributed by atoms with van der Waals surface area (Å²) in [6.45, 7) is 11.3. The van der Waals surface area contributed by atoms with E-state index in [4.69, 9.17) is 0 Å². The predicted molar refractivity (Wildman–Crippen MR) is 93.1 cm³/mol. The monoisotopic (exact) mass is 322 g/mol. The topological polar surface area (TPSA) is 52.6 Å². The highest BCUT2D eigenvalue weighted by Gasteiger charge is 2.15. The first-order chi connectivity index (χ1) is 11.4. The molecule has 0 N–H and O–H groups in total. The SMILES string of the molecule is C=C(C)c1cccc(C(=O)OOC(=O)c2cccc(C(=C)C)c2)c1. The first-order valence-electron chi connectivity index (χ1n) is 7.33. The third-order valence-corrected chi connectivity index (χ3v) is 3.38. The van der Waals surface area contributed by atoms with E-state index in [0.29, 0.717) is 0 Å². The van der Waals surface area contributed by atoms with Crippen LogP contribution >= 0.6 is 0 Å². The Morgan fingerprint density at radius 1 is 0.708 bits per heavy atom. The molecule has 2 aromatic rings. The Morgan fingerprint density at radius 3 is 1.38 bits per heavy atom. The molecule has 0 fully saturated rings. The van der Waals surface area contributed by atoms with Gasteiger partial charge in [-0.2, -0.15) is 0 Å². The average molecular weight is 322 g/mol. The summed E-state index contributed by atoms with van der Waals surface area (Å²) >= 11 is 0. The molecule has 0 aliphatic carbocycles. The van der Waals surface area contributed by atoms with Crippen molar-refractivity contribution in [3.8, 4) is 0 Å². The fraction of sp³-hybridized carbons (Fsp3) is 0.100. The normalized spacial score (nSPS) is 9.92. The molecule has 0 heterocycles. The van der Waals surface area contributed by atoms with E-state index >= 15 is 0 Å². The number of carbonyl (C=O) groups is 2. The van der Waals surface area contributed by atoms with Crippen LogP contribution in [0.25, 0.3) is 11.1 Å². The molecule has 0 saturated heterocycles. The zero-order valence-corrected chi connectivity index (χ0v) is 13.7. The molecule has 122 valence electrons. The minimum atomic E-state index is -0.748. The molecule has 0 saturated carbocycles. The highest BCUT2D eigenvalue weighted by Crippen LogP contribution is 2.16. The summed E-state index contributed by atoms with van der Waals surface area (Å²) in [5.41, 5.74) is 3.81. The largest absolute Gasteiger partial charge is 0.386 e. The van der Waals surface area contributed by atoms with Crippen LogP contribution in [0.3, 0.4) is 0 Å². The molecular weight excluding hydrogens is 304 g/mol. The van der Waals surface area contributed by atoms with Crippen LogP contribution in [0.4, 0.5) is 0 Å². The molecular formula is C20H18O4. The van der Waals surface area contributed by atoms with Gasteiger partial charge in [0.05, 0.1) is 11.1 Å². The molecule has 24 heavy (non-hydrogen) atoms. The van der Waals surface area contributed by atoms with Crippen LogP contribution in [0.15, 0.2) is 61.7 Å². The minimum absolute atomic E-state index is 0.277. The second-order valence-electron chi connectivity index (χ2n) is 5.46. The molecule has 0 amide bonds. The van der Waals surface area contributed by atoms with E-state index in [1.165, 1.54) is 0 Å². The van der Waals surface area contributed by atoms with Crippen molar-refractivity contribution in [1.29, 1.82) is 0 Å². The van der Waals surface area contributed by atoms with Crippen LogP contribution in [-0.2, 0) is 9.78 Å². The van der Waals surface area contributed by atoms with Crippen LogP contribution in [0.2, 0.25) is 0 Å². The van der Waals surface area contributed by atoms with Crippen molar-refractivity contribution in [1.82, 2.24) is 0 Å². The van der Waals surface area contributed by atoms with Crippen LogP contribution in [0, 0.1) is 0 Å². The van der Waals surface area contributed by atoms with E-state index in [-0.39, 0.29) is 11.1 Å². The van der Waals surface area contributed by atoms with Crippen LogP contribution in [0.5, 0.6) is 0 Å². The van der Waals surface area contributed by atoms with Crippen LogP contribution in [0.1, 0.15) is 45.7 Å². The summed E-state index contributed by atoms with van der Waals surface area (Å²) in [7, 11) is 0. The molecule has 0 unspecified atom stereocenters. The molecule has 0 aromatic heterocycles. The van der Waals surface area contributed by atoms with E-state index in [0.717, 1.165) is 22.3 Å². The fourth-order valence-corrected chi connectivity index (χ4v) is 2.00. The zero-order chi connectivity index (χ0) is 17.7. The number of rotatable bonds is 4. The summed E-state index contributed by atoms with van der Waals surface area (Å²) in [5, 5.41) is 0. The Bertz CT molecular complexity index is 748. The van der Waals surface area contributed by atoms with Gasteiger partial charge in [0.1, 0.15) is 0 Å². The van der Waals surface area contributed by atoms with Gasteiger partial charge in [-0.3, -0.25) is 0 Å². The zero-order valence-electron chi connectivity index (χ0n) is 13.7. The van der Waals surface area contributed by atoms with Crippen LogP contribution in [-0.4, -0.2) is 11.9 Å². The Balaban J connectivity index is 2.05.